The van der Waals surface area contributed by atoms with Gasteiger partial charge in [0.25, 0.3) is 0 Å². The van der Waals surface area contributed by atoms with Crippen LogP contribution in [0.15, 0.2) is 0 Å². The number of nitrogens with one attached hydrogen (secondary N) is 3. The Balaban J connectivity index is 1.56. The van der Waals surface area contributed by atoms with Crippen molar-refractivity contribution in [3.63, 3.8) is 0 Å². The molecule has 4 rings (SSSR count). The molecule has 570 valence electrons. The monoisotopic (exact) mass is 1430 g/mol. The zero-order valence-electron chi connectivity index (χ0n) is 65.3. The van der Waals surface area contributed by atoms with Crippen LogP contribution in [-0.2, 0) is 0 Å². The van der Waals surface area contributed by atoms with Crippen LogP contribution >= 0.6 is 34.0 Å². The summed E-state index contributed by atoms with van der Waals surface area (Å²) >= 11 is 4.77. The first-order chi connectivity index (χ1) is 49.0. The van der Waals surface area contributed by atoms with Gasteiger partial charge in [-0.2, -0.15) is 15.0 Å². The van der Waals surface area contributed by atoms with Gasteiger partial charge >= 0.3 is 0 Å². The van der Waals surface area contributed by atoms with Crippen LogP contribution in [0.3, 0.4) is 0 Å². The van der Waals surface area contributed by atoms with E-state index in [2.05, 4.69) is 72.2 Å². The van der Waals surface area contributed by atoms with E-state index < -0.39 is 0 Å². The van der Waals surface area contributed by atoms with Crippen LogP contribution in [-0.4, -0.2) is 84.8 Å². The van der Waals surface area contributed by atoms with E-state index in [4.69, 9.17) is 45.5 Å². The summed E-state index contributed by atoms with van der Waals surface area (Å²) in [6.07, 6.45) is 79.6. The van der Waals surface area contributed by atoms with Crippen molar-refractivity contribution in [2.24, 2.45) is 0 Å². The topological polar surface area (TPSA) is 162 Å². The minimum absolute atomic E-state index is 0.371. The number of nitrogens with zero attached hydrogens (tertiary/aromatic N) is 12. The zero-order valence-corrected chi connectivity index (χ0v) is 67.7. The van der Waals surface area contributed by atoms with E-state index in [0.717, 1.165) is 54.7 Å². The molecule has 99 heavy (non-hydrogen) atoms. The molecule has 0 radical (unpaired) electrons. The fourth-order valence-corrected chi connectivity index (χ4v) is 16.0. The minimum atomic E-state index is 0.371. The van der Waals surface area contributed by atoms with Crippen LogP contribution in [0.25, 0.3) is 0 Å². The fourth-order valence-electron chi connectivity index (χ4n) is 13.7. The standard InChI is InChI=1S/C81H153N15S3/c1-7-13-19-25-31-37-43-49-55-61-67-94(68-62-56-50-44-38-32-26-20-14-8-2)79-91-88-76(97-79)85-73-82-74(86-77-89-92-80(98-77)95(69-63-57-51-45-39-33-27-21-15-9-3)70-64-58-52-46-40-34-28-22-16-10-4)84-75(83-73)87-78-90-93-81(99-78)96(71-65-59-53-47-41-35-29-23-17-11-5)72-66-60-54-48-42-36-30-24-18-12-6/h7-72H2,1-6H3,(H3,82,83,84,85,86,87,88,89,90). The number of hydrogen-bond acceptors (Lipinski definition) is 18. The van der Waals surface area contributed by atoms with Crippen molar-refractivity contribution in [1.29, 1.82) is 0 Å². The Morgan fingerprint density at radius 2 is 0.333 bits per heavy atom. The molecular formula is C81H153N15S3. The maximum absolute atomic E-state index is 5.01. The SMILES string of the molecule is CCCCCCCCCCCCN(CCCCCCCCCCCC)c1nnc(Nc2nc(Nc3nnc(N(CCCCCCCCCCCC)CCCCCCCCCCCC)s3)nc(Nc3nnc(N(CCCCCCCCCCCC)CCCCCCCCCCCC)s3)n2)s1. The van der Waals surface area contributed by atoms with Crippen LogP contribution in [0.5, 0.6) is 0 Å². The van der Waals surface area contributed by atoms with Gasteiger partial charge in [0.15, 0.2) is 0 Å². The molecule has 0 spiro atoms. The van der Waals surface area contributed by atoms with Gasteiger partial charge in [0.2, 0.25) is 48.6 Å². The third-order valence-electron chi connectivity index (χ3n) is 20.0. The molecule has 0 aliphatic heterocycles. The smallest absolute Gasteiger partial charge is 0.235 e. The normalized spacial score (nSPS) is 11.6. The second kappa shape index (κ2) is 64.1. The molecule has 0 fully saturated rings. The molecule has 0 saturated heterocycles. The Hall–Kier alpha value is -3.51. The van der Waals surface area contributed by atoms with Crippen LogP contribution in [0, 0.1) is 0 Å². The van der Waals surface area contributed by atoms with Gasteiger partial charge in [-0.1, -0.05) is 422 Å². The Morgan fingerprint density at radius 1 is 0.192 bits per heavy atom. The first kappa shape index (κ1) is 87.9. The van der Waals surface area contributed by atoms with Gasteiger partial charge in [-0.3, -0.25) is 16.0 Å². The molecule has 0 aliphatic rings. The number of rotatable bonds is 75. The zero-order chi connectivity index (χ0) is 70.2. The molecule has 0 atom stereocenters. The predicted octanol–water partition coefficient (Wildman–Crippen LogP) is 27.6. The molecule has 15 nitrogen and oxygen atoms in total. The van der Waals surface area contributed by atoms with E-state index in [0.29, 0.717) is 33.2 Å². The Kier molecular flexibility index (Phi) is 56.9. The lowest BCUT2D eigenvalue weighted by Crippen LogP contribution is -2.25. The highest BCUT2D eigenvalue weighted by molar-refractivity contribution is 7.19. The van der Waals surface area contributed by atoms with E-state index in [-0.39, 0.29) is 0 Å². The quantitative estimate of drug-likeness (QED) is 0.0358. The van der Waals surface area contributed by atoms with Crippen LogP contribution < -0.4 is 30.7 Å². The number of aromatic nitrogens is 9. The van der Waals surface area contributed by atoms with Crippen LogP contribution in [0.2, 0.25) is 0 Å². The molecule has 4 aromatic heterocycles. The van der Waals surface area contributed by atoms with E-state index in [9.17, 15) is 0 Å². The largest absolute Gasteiger partial charge is 0.347 e. The van der Waals surface area contributed by atoms with Gasteiger partial charge in [-0.05, 0) is 38.5 Å². The third-order valence-corrected chi connectivity index (χ3v) is 22.7. The van der Waals surface area contributed by atoms with Crippen molar-refractivity contribution < 1.29 is 0 Å². The molecule has 0 unspecified atom stereocenters. The second-order valence-corrected chi connectivity index (χ2v) is 32.3. The number of unbranched alkanes of at least 4 members (excludes halogenated alkanes) is 54. The Bertz CT molecular complexity index is 2030. The fraction of sp³-hybridized carbons (Fsp3) is 0.889. The van der Waals surface area contributed by atoms with Gasteiger partial charge in [0.05, 0.1) is 0 Å². The maximum atomic E-state index is 5.01. The van der Waals surface area contributed by atoms with Gasteiger partial charge in [-0.25, -0.2) is 0 Å². The average Bonchev–Trinajstić information content (AvgIpc) is 1.78. The van der Waals surface area contributed by atoms with Crippen molar-refractivity contribution in [3.05, 3.63) is 0 Å². The molecule has 0 saturated carbocycles. The van der Waals surface area contributed by atoms with Crippen LogP contribution in [0.4, 0.5) is 48.6 Å². The Labute approximate surface area is 621 Å². The first-order valence-corrected chi connectivity index (χ1v) is 45.3. The van der Waals surface area contributed by atoms with Gasteiger partial charge in [0.1, 0.15) is 0 Å². The third kappa shape index (κ3) is 46.8. The summed E-state index contributed by atoms with van der Waals surface area (Å²) in [5.41, 5.74) is 0. The minimum Gasteiger partial charge on any atom is -0.347 e. The second-order valence-electron chi connectivity index (χ2n) is 29.4. The summed E-state index contributed by atoms with van der Waals surface area (Å²) in [6, 6.07) is 0. The summed E-state index contributed by atoms with van der Waals surface area (Å²) in [7, 11) is 0. The molecular weight excluding hydrogens is 1280 g/mol. The summed E-state index contributed by atoms with van der Waals surface area (Å²) in [4.78, 5) is 22.5. The highest BCUT2D eigenvalue weighted by atomic mass is 32.1. The molecule has 0 aliphatic carbocycles. The molecule has 3 N–H and O–H groups in total. The lowest BCUT2D eigenvalue weighted by molar-refractivity contribution is 0.542. The van der Waals surface area contributed by atoms with Gasteiger partial charge in [0, 0.05) is 39.3 Å². The van der Waals surface area contributed by atoms with Crippen molar-refractivity contribution >= 4 is 82.6 Å². The molecule has 18 heteroatoms. The maximum Gasteiger partial charge on any atom is 0.235 e. The summed E-state index contributed by atoms with van der Waals surface area (Å²) in [6.45, 7) is 19.8. The van der Waals surface area contributed by atoms with E-state index in [1.165, 1.54) is 385 Å². The average molecular weight is 1430 g/mol. The van der Waals surface area contributed by atoms with E-state index in [1.807, 2.05) is 0 Å². The highest BCUT2D eigenvalue weighted by Gasteiger charge is 2.20. The van der Waals surface area contributed by atoms with Crippen molar-refractivity contribution in [3.8, 4) is 0 Å². The summed E-state index contributed by atoms with van der Waals surface area (Å²) in [5, 5.41) is 44.2. The lowest BCUT2D eigenvalue weighted by atomic mass is 10.1. The van der Waals surface area contributed by atoms with Crippen molar-refractivity contribution in [2.75, 3.05) is 69.9 Å². The van der Waals surface area contributed by atoms with Crippen molar-refractivity contribution in [2.45, 2.75) is 427 Å². The van der Waals surface area contributed by atoms with Gasteiger partial charge in [-0.15, -0.1) is 30.6 Å². The number of hydrogen-bond donors (Lipinski definition) is 3. The molecule has 4 aromatic rings. The van der Waals surface area contributed by atoms with Gasteiger partial charge < -0.3 is 14.7 Å². The van der Waals surface area contributed by atoms with Crippen LogP contribution in [0.1, 0.15) is 427 Å². The lowest BCUT2D eigenvalue weighted by Gasteiger charge is -2.21. The molecule has 0 amide bonds. The summed E-state index contributed by atoms with van der Waals surface area (Å²) < 4.78 is 0. The molecule has 0 bridgehead atoms. The Morgan fingerprint density at radius 3 is 0.485 bits per heavy atom. The first-order valence-electron chi connectivity index (χ1n) is 42.8. The van der Waals surface area contributed by atoms with E-state index >= 15 is 0 Å². The van der Waals surface area contributed by atoms with Crippen molar-refractivity contribution in [1.82, 2.24) is 45.5 Å². The molecule has 0 aromatic carbocycles. The van der Waals surface area contributed by atoms with E-state index in [1.54, 1.807) is 34.0 Å². The summed E-state index contributed by atoms with van der Waals surface area (Å²) in [5.74, 6) is 1.11. The number of anilines is 9. The molecule has 4 heterocycles. The predicted molar refractivity (Wildman–Crippen MR) is 437 cm³/mol. The highest BCUT2D eigenvalue weighted by Crippen LogP contribution is 2.33.